The van der Waals surface area contributed by atoms with Crippen molar-refractivity contribution in [3.8, 4) is 0 Å². The first-order chi connectivity index (χ1) is 8.00. The quantitative estimate of drug-likeness (QED) is 0.163. The molecular formula is H8Cr4O16. The standard InChI is InChI=1S/4Cr.8H2O.8O/h;;;;8*1H2;;;;;;;;/q4*+2;;;;;;;;;;;;;;;;/p-8. The molecule has 0 rings (SSSR count). The second-order valence-corrected chi connectivity index (χ2v) is 7.39. The van der Waals surface area contributed by atoms with E-state index >= 15 is 0 Å². The molecule has 0 amide bonds. The first-order valence-corrected chi connectivity index (χ1v) is 11.5. The summed E-state index contributed by atoms with van der Waals surface area (Å²) >= 11 is -21.0. The number of hydrogen-bond donors (Lipinski definition) is 8. The average molecular weight is 472 g/mol. The Kier molecular flexibility index (Phi) is 15.4. The van der Waals surface area contributed by atoms with Crippen LogP contribution in [0.25, 0.3) is 0 Å². The predicted molar refractivity (Wildman–Crippen MR) is 23.2 cm³/mol. The molecule has 20 heteroatoms. The molecule has 128 valence electrons. The van der Waals surface area contributed by atoms with Crippen LogP contribution in [0.4, 0.5) is 0 Å². The molecular weight excluding hydrogens is 464 g/mol. The maximum atomic E-state index is 8.82. The van der Waals surface area contributed by atoms with E-state index in [0.717, 1.165) is 0 Å². The summed E-state index contributed by atoms with van der Waals surface area (Å²) in [5, 5.41) is 0. The van der Waals surface area contributed by atoms with Crippen molar-refractivity contribution >= 4 is 0 Å². The van der Waals surface area contributed by atoms with Crippen LogP contribution in [0, 0.1) is 0 Å². The van der Waals surface area contributed by atoms with Gasteiger partial charge in [0.1, 0.15) is 0 Å². The van der Waals surface area contributed by atoms with Crippen molar-refractivity contribution in [2.45, 2.75) is 0 Å². The molecule has 0 atom stereocenters. The molecule has 0 heterocycles. The van der Waals surface area contributed by atoms with Crippen molar-refractivity contribution < 1.29 is 118 Å². The molecule has 0 aliphatic heterocycles. The van der Waals surface area contributed by atoms with Crippen LogP contribution in [0.2, 0.25) is 0 Å². The Bertz CT molecular complexity index is 467. The summed E-state index contributed by atoms with van der Waals surface area (Å²) in [6.07, 6.45) is 0. The van der Waals surface area contributed by atoms with Gasteiger partial charge in [-0.1, -0.05) is 0 Å². The van der Waals surface area contributed by atoms with E-state index in [1.807, 2.05) is 0 Å². The topological polar surface area (TPSA) is 298 Å². The van der Waals surface area contributed by atoms with Gasteiger partial charge in [0, 0.05) is 0 Å². The summed E-state index contributed by atoms with van der Waals surface area (Å²) in [7, 11) is 0. The Morgan fingerprint density at radius 3 is 0.300 bits per heavy atom. The summed E-state index contributed by atoms with van der Waals surface area (Å²) in [5.74, 6) is 0. The Balaban J connectivity index is -0.0000000853. The third kappa shape index (κ3) is 122000. The van der Waals surface area contributed by atoms with Crippen LogP contribution in [-0.2, 0) is 84.9 Å². The van der Waals surface area contributed by atoms with Gasteiger partial charge in [-0.15, -0.1) is 0 Å². The van der Waals surface area contributed by atoms with E-state index in [9.17, 15) is 0 Å². The van der Waals surface area contributed by atoms with Gasteiger partial charge in [0.25, 0.3) is 0 Å². The zero-order valence-electron chi connectivity index (χ0n) is 8.48. The first-order valence-electron chi connectivity index (χ1n) is 2.79. The SMILES string of the molecule is [O]=[Cr](=[O])([OH])[OH].[O]=[Cr](=[O])([OH])[OH].[O]=[Cr](=[O])([OH])[OH].[O]=[Cr](=[O])([OH])[OH]. The first kappa shape index (κ1) is 28.4. The molecule has 0 unspecified atom stereocenters. The summed E-state index contributed by atoms with van der Waals surface area (Å²) in [6, 6.07) is 0. The zero-order valence-corrected chi connectivity index (χ0v) is 13.6. The Labute approximate surface area is 118 Å². The fourth-order valence-electron chi connectivity index (χ4n) is 0. The number of rotatable bonds is 0. The van der Waals surface area contributed by atoms with Gasteiger partial charge in [-0.05, 0) is 0 Å². The van der Waals surface area contributed by atoms with Crippen LogP contribution in [0.1, 0.15) is 0 Å². The van der Waals surface area contributed by atoms with Gasteiger partial charge >= 0.3 is 118 Å². The van der Waals surface area contributed by atoms with Crippen molar-refractivity contribution in [2.75, 3.05) is 0 Å². The van der Waals surface area contributed by atoms with Crippen LogP contribution in [0.5, 0.6) is 0 Å². The van der Waals surface area contributed by atoms with E-state index in [-0.39, 0.29) is 0 Å². The summed E-state index contributed by atoms with van der Waals surface area (Å²) in [5.41, 5.74) is 0. The van der Waals surface area contributed by atoms with Gasteiger partial charge in [0.15, 0.2) is 0 Å². The van der Waals surface area contributed by atoms with Gasteiger partial charge < -0.3 is 0 Å². The minimum absolute atomic E-state index is 5.25. The van der Waals surface area contributed by atoms with E-state index in [0.29, 0.717) is 0 Å². The van der Waals surface area contributed by atoms with Gasteiger partial charge in [0.05, 0.1) is 0 Å². The molecule has 16 nitrogen and oxygen atoms in total. The normalized spacial score (nSPS) is 11.6. The van der Waals surface area contributed by atoms with Crippen molar-refractivity contribution in [1.82, 2.24) is 0 Å². The van der Waals surface area contributed by atoms with Crippen molar-refractivity contribution in [1.29, 1.82) is 0 Å². The minimum atomic E-state index is -5.25. The second-order valence-electron chi connectivity index (χ2n) is 1.79. The molecule has 20 heavy (non-hydrogen) atoms. The van der Waals surface area contributed by atoms with E-state index in [1.54, 1.807) is 0 Å². The fourth-order valence-corrected chi connectivity index (χ4v) is 0. The Morgan fingerprint density at radius 2 is 0.300 bits per heavy atom. The molecule has 8 N–H and O–H groups in total. The van der Waals surface area contributed by atoms with Gasteiger partial charge in [-0.3, -0.25) is 0 Å². The molecule has 0 aliphatic rings. The van der Waals surface area contributed by atoms with Crippen LogP contribution in [0.15, 0.2) is 0 Å². The summed E-state index contributed by atoms with van der Waals surface area (Å²) < 4.78 is 128. The van der Waals surface area contributed by atoms with E-state index < -0.39 is 54.5 Å². The van der Waals surface area contributed by atoms with Gasteiger partial charge in [-0.25, -0.2) is 0 Å². The third-order valence-corrected chi connectivity index (χ3v) is 0. The van der Waals surface area contributed by atoms with Crippen molar-refractivity contribution in [3.05, 3.63) is 0 Å². The summed E-state index contributed by atoms with van der Waals surface area (Å²) in [4.78, 5) is 0. The molecule has 0 radical (unpaired) electrons. The molecule has 0 aromatic carbocycles. The van der Waals surface area contributed by atoms with Crippen LogP contribution in [-0.4, -0.2) is 33.3 Å². The maximum absolute atomic E-state index is 8.82. The van der Waals surface area contributed by atoms with Crippen LogP contribution >= 0.6 is 0 Å². The van der Waals surface area contributed by atoms with Crippen molar-refractivity contribution in [2.24, 2.45) is 0 Å². The van der Waals surface area contributed by atoms with Gasteiger partial charge in [-0.2, -0.15) is 0 Å². The van der Waals surface area contributed by atoms with Crippen molar-refractivity contribution in [3.63, 3.8) is 0 Å². The fraction of sp³-hybridized carbons (Fsp3) is 0. The monoisotopic (exact) mass is 472 g/mol. The van der Waals surface area contributed by atoms with E-state index in [4.69, 9.17) is 63.7 Å². The Morgan fingerprint density at radius 1 is 0.300 bits per heavy atom. The molecule has 0 aliphatic carbocycles. The molecule has 0 fully saturated rings. The third-order valence-electron chi connectivity index (χ3n) is 0. The molecule has 0 saturated heterocycles. The van der Waals surface area contributed by atoms with E-state index in [1.165, 1.54) is 0 Å². The number of hydrogen-bond acceptors (Lipinski definition) is 8. The molecule has 0 aromatic heterocycles. The Hall–Kier alpha value is 0.210. The molecule has 0 aromatic rings. The van der Waals surface area contributed by atoms with Crippen LogP contribution in [0.3, 0.4) is 0 Å². The average Bonchev–Trinajstić information content (AvgIpc) is 1.62. The molecule has 0 saturated carbocycles. The summed E-state index contributed by atoms with van der Waals surface area (Å²) in [6.45, 7) is 0. The van der Waals surface area contributed by atoms with Gasteiger partial charge in [0.2, 0.25) is 0 Å². The van der Waals surface area contributed by atoms with E-state index in [2.05, 4.69) is 0 Å². The zero-order chi connectivity index (χ0) is 18.0. The van der Waals surface area contributed by atoms with Crippen LogP contribution < -0.4 is 0 Å². The molecule has 0 bridgehead atoms. The predicted octanol–water partition coefficient (Wildman–Crippen LogP) is -5.42. The molecule has 0 spiro atoms. The second kappa shape index (κ2) is 10.9.